The fourth-order valence-electron chi connectivity index (χ4n) is 1.39. The molecule has 3 nitrogen and oxygen atoms in total. The lowest BCUT2D eigenvalue weighted by atomic mass is 10.2. The summed E-state index contributed by atoms with van der Waals surface area (Å²) < 4.78 is 36.3. The highest BCUT2D eigenvalue weighted by molar-refractivity contribution is 7.21. The van der Waals surface area contributed by atoms with Crippen molar-refractivity contribution < 1.29 is 22.8 Å². The molecule has 0 saturated heterocycles. The van der Waals surface area contributed by atoms with Gasteiger partial charge in [-0.05, 0) is 6.07 Å². The molecule has 1 N–H and O–H groups in total. The summed E-state index contributed by atoms with van der Waals surface area (Å²) in [5.74, 6) is -0.796. The molecule has 0 atom stereocenters. The van der Waals surface area contributed by atoms with Crippen molar-refractivity contribution >= 4 is 38.9 Å². The van der Waals surface area contributed by atoms with Gasteiger partial charge in [0.2, 0.25) is 0 Å². The van der Waals surface area contributed by atoms with Gasteiger partial charge in [-0.25, -0.2) is 5.48 Å². The molecule has 1 amide bonds. The molecule has 2 aromatic rings. The van der Waals surface area contributed by atoms with E-state index in [0.29, 0.717) is 5.39 Å². The lowest BCUT2D eigenvalue weighted by Gasteiger charge is -2.07. The molecule has 0 spiro atoms. The Morgan fingerprint density at radius 1 is 1.37 bits per heavy atom. The van der Waals surface area contributed by atoms with Gasteiger partial charge in [0.05, 0.1) is 5.02 Å². The van der Waals surface area contributed by atoms with E-state index in [1.165, 1.54) is 0 Å². The van der Waals surface area contributed by atoms with Crippen LogP contribution in [0.1, 0.15) is 9.67 Å². The Hall–Kier alpha value is -1.31. The van der Waals surface area contributed by atoms with Crippen LogP contribution in [-0.4, -0.2) is 18.7 Å². The van der Waals surface area contributed by atoms with Gasteiger partial charge >= 0.3 is 6.18 Å². The van der Waals surface area contributed by atoms with Gasteiger partial charge in [0, 0.05) is 10.1 Å². The number of hydroxylamine groups is 1. The van der Waals surface area contributed by atoms with Crippen molar-refractivity contribution in [3.63, 3.8) is 0 Å². The summed E-state index contributed by atoms with van der Waals surface area (Å²) in [7, 11) is 0. The van der Waals surface area contributed by atoms with Gasteiger partial charge in [-0.15, -0.1) is 11.3 Å². The normalized spacial score (nSPS) is 11.8. The van der Waals surface area contributed by atoms with Gasteiger partial charge in [0.1, 0.15) is 4.88 Å². The van der Waals surface area contributed by atoms with E-state index in [9.17, 15) is 18.0 Å². The zero-order valence-electron chi connectivity index (χ0n) is 9.25. The number of thiophene rings is 1. The second-order valence-electron chi connectivity index (χ2n) is 3.58. The van der Waals surface area contributed by atoms with Crippen molar-refractivity contribution in [1.82, 2.24) is 5.48 Å². The molecule has 1 aromatic carbocycles. The Kier molecular flexibility index (Phi) is 3.98. The third-order valence-corrected chi connectivity index (χ3v) is 3.82. The van der Waals surface area contributed by atoms with Gasteiger partial charge in [-0.3, -0.25) is 9.63 Å². The number of hydrogen-bond donors (Lipinski definition) is 1. The second-order valence-corrected chi connectivity index (χ2v) is 5.01. The molecule has 19 heavy (non-hydrogen) atoms. The van der Waals surface area contributed by atoms with Crippen LogP contribution < -0.4 is 5.48 Å². The number of fused-ring (bicyclic) bond motifs is 1. The third kappa shape index (κ3) is 3.37. The minimum atomic E-state index is -4.50. The molecule has 102 valence electrons. The maximum Gasteiger partial charge on any atom is 0.414 e. The highest BCUT2D eigenvalue weighted by Crippen LogP contribution is 2.34. The van der Waals surface area contributed by atoms with E-state index >= 15 is 0 Å². The Morgan fingerprint density at radius 3 is 2.68 bits per heavy atom. The predicted octanol–water partition coefficient (Wildman–Crippen LogP) is 3.78. The van der Waals surface area contributed by atoms with Gasteiger partial charge in [0.25, 0.3) is 5.91 Å². The maximum absolute atomic E-state index is 11.9. The molecule has 1 heterocycles. The van der Waals surface area contributed by atoms with Crippen molar-refractivity contribution in [2.75, 3.05) is 6.61 Å². The lowest BCUT2D eigenvalue weighted by Crippen LogP contribution is -2.29. The fraction of sp³-hybridized carbons (Fsp3) is 0.182. The number of benzene rings is 1. The molecule has 0 saturated carbocycles. The number of hydrogen-bond acceptors (Lipinski definition) is 3. The van der Waals surface area contributed by atoms with Gasteiger partial charge in [-0.2, -0.15) is 13.2 Å². The SMILES string of the molecule is O=C(NOCC(F)(F)F)c1sc2ccccc2c1Cl. The maximum atomic E-state index is 11.9. The molecule has 1 aromatic heterocycles. The Bertz CT molecular complexity index is 611. The van der Waals surface area contributed by atoms with E-state index in [-0.39, 0.29) is 9.90 Å². The van der Waals surface area contributed by atoms with Crippen LogP contribution >= 0.6 is 22.9 Å². The van der Waals surface area contributed by atoms with Crippen molar-refractivity contribution in [3.8, 4) is 0 Å². The molecule has 2 rings (SSSR count). The minimum Gasteiger partial charge on any atom is -0.266 e. The zero-order chi connectivity index (χ0) is 14.0. The molecule has 0 unspecified atom stereocenters. The van der Waals surface area contributed by atoms with Crippen molar-refractivity contribution in [1.29, 1.82) is 0 Å². The molecule has 0 fully saturated rings. The largest absolute Gasteiger partial charge is 0.414 e. The summed E-state index contributed by atoms with van der Waals surface area (Å²) in [4.78, 5) is 15.8. The molecular weight excluding hydrogens is 303 g/mol. The summed E-state index contributed by atoms with van der Waals surface area (Å²) >= 11 is 7.08. The van der Waals surface area contributed by atoms with Crippen LogP contribution in [-0.2, 0) is 4.84 Å². The first-order valence-electron chi connectivity index (χ1n) is 5.04. The van der Waals surface area contributed by atoms with E-state index in [2.05, 4.69) is 4.84 Å². The summed E-state index contributed by atoms with van der Waals surface area (Å²) in [6.45, 7) is -1.55. The number of carbonyl (C=O) groups excluding carboxylic acids is 1. The summed E-state index contributed by atoms with van der Waals surface area (Å²) in [6.07, 6.45) is -4.50. The molecule has 0 aliphatic heterocycles. The topological polar surface area (TPSA) is 38.3 Å². The van der Waals surface area contributed by atoms with Crippen molar-refractivity contribution in [3.05, 3.63) is 34.2 Å². The number of nitrogens with one attached hydrogen (secondary N) is 1. The van der Waals surface area contributed by atoms with Gasteiger partial charge < -0.3 is 0 Å². The number of amides is 1. The second kappa shape index (κ2) is 5.36. The van der Waals surface area contributed by atoms with Crippen molar-refractivity contribution in [2.24, 2.45) is 0 Å². The minimum absolute atomic E-state index is 0.116. The summed E-state index contributed by atoms with van der Waals surface area (Å²) in [5.41, 5.74) is 1.72. The van der Waals surface area contributed by atoms with Crippen LogP contribution in [0.5, 0.6) is 0 Å². The molecule has 0 bridgehead atoms. The number of carbonyl (C=O) groups is 1. The van der Waals surface area contributed by atoms with Crippen LogP contribution in [0, 0.1) is 0 Å². The molecule has 0 radical (unpaired) electrons. The number of rotatable bonds is 3. The quantitative estimate of drug-likeness (QED) is 0.876. The number of alkyl halides is 3. The van der Waals surface area contributed by atoms with E-state index in [1.807, 2.05) is 0 Å². The monoisotopic (exact) mass is 309 g/mol. The van der Waals surface area contributed by atoms with E-state index < -0.39 is 18.7 Å². The van der Waals surface area contributed by atoms with Gasteiger partial charge in [0.15, 0.2) is 6.61 Å². The molecular formula is C11H7ClF3NO2S. The van der Waals surface area contributed by atoms with E-state index in [0.717, 1.165) is 16.0 Å². The van der Waals surface area contributed by atoms with Gasteiger partial charge in [-0.1, -0.05) is 29.8 Å². The Morgan fingerprint density at radius 2 is 2.05 bits per heavy atom. The average Bonchev–Trinajstić information content (AvgIpc) is 2.66. The fourth-order valence-corrected chi connectivity index (χ4v) is 2.79. The first kappa shape index (κ1) is 14.1. The van der Waals surface area contributed by atoms with E-state index in [1.54, 1.807) is 29.7 Å². The zero-order valence-corrected chi connectivity index (χ0v) is 10.8. The smallest absolute Gasteiger partial charge is 0.266 e. The van der Waals surface area contributed by atoms with Crippen LogP contribution in [0.25, 0.3) is 10.1 Å². The summed E-state index contributed by atoms with van der Waals surface area (Å²) in [6, 6.07) is 7.01. The average molecular weight is 310 g/mol. The Labute approximate surface area is 114 Å². The first-order chi connectivity index (χ1) is 8.88. The predicted molar refractivity (Wildman–Crippen MR) is 66.3 cm³/mol. The van der Waals surface area contributed by atoms with Crippen LogP contribution in [0.2, 0.25) is 5.02 Å². The van der Waals surface area contributed by atoms with Crippen LogP contribution in [0.15, 0.2) is 24.3 Å². The first-order valence-corrected chi connectivity index (χ1v) is 6.24. The number of halogens is 4. The molecule has 8 heteroatoms. The third-order valence-electron chi connectivity index (χ3n) is 2.14. The lowest BCUT2D eigenvalue weighted by molar-refractivity contribution is -0.184. The van der Waals surface area contributed by atoms with Crippen LogP contribution in [0.4, 0.5) is 13.2 Å². The highest BCUT2D eigenvalue weighted by Gasteiger charge is 2.28. The molecule has 0 aliphatic rings. The molecule has 0 aliphatic carbocycles. The standard InChI is InChI=1S/C11H7ClF3NO2S/c12-8-6-3-1-2-4-7(6)19-9(8)10(17)16-18-5-11(13,14)15/h1-4H,5H2,(H,16,17). The van der Waals surface area contributed by atoms with E-state index in [4.69, 9.17) is 11.6 Å². The summed E-state index contributed by atoms with van der Waals surface area (Å²) in [5, 5.41) is 0.879. The Balaban J connectivity index is 2.11. The van der Waals surface area contributed by atoms with Crippen molar-refractivity contribution in [2.45, 2.75) is 6.18 Å². The van der Waals surface area contributed by atoms with Crippen LogP contribution in [0.3, 0.4) is 0 Å². The highest BCUT2D eigenvalue weighted by atomic mass is 35.5.